The van der Waals surface area contributed by atoms with E-state index < -0.39 is 42.3 Å². The number of hydrogen-bond donors (Lipinski definition) is 1. The van der Waals surface area contributed by atoms with Gasteiger partial charge in [0, 0.05) is 12.1 Å². The average Bonchev–Trinajstić information content (AvgIpc) is 3.11. The molecule has 1 atom stereocenters. The Hall–Kier alpha value is -3.56. The van der Waals surface area contributed by atoms with Crippen molar-refractivity contribution in [2.45, 2.75) is 18.7 Å². The molecule has 0 radical (unpaired) electrons. The van der Waals surface area contributed by atoms with Crippen LogP contribution in [0.1, 0.15) is 22.3 Å². The highest BCUT2D eigenvalue weighted by molar-refractivity contribution is 5.92. The molecule has 1 fully saturated rings. The van der Waals surface area contributed by atoms with Gasteiger partial charge in [0.15, 0.2) is 6.61 Å². The maximum absolute atomic E-state index is 12.7. The molecule has 1 aliphatic rings. The summed E-state index contributed by atoms with van der Waals surface area (Å²) in [6.45, 7) is -0.250. The van der Waals surface area contributed by atoms with Crippen LogP contribution >= 0.6 is 0 Å². The molecule has 0 bridgehead atoms. The minimum atomic E-state index is -4.52. The third kappa shape index (κ3) is 5.49. The fourth-order valence-electron chi connectivity index (χ4n) is 2.59. The molecule has 30 heavy (non-hydrogen) atoms. The summed E-state index contributed by atoms with van der Waals surface area (Å²) in [5.74, 6) is -1.69. The van der Waals surface area contributed by atoms with Gasteiger partial charge >= 0.3 is 18.1 Å². The molecule has 2 aromatic carbocycles. The number of halogens is 3. The van der Waals surface area contributed by atoms with E-state index in [1.807, 2.05) is 0 Å². The average molecular weight is 423 g/mol. The maximum atomic E-state index is 12.7. The Morgan fingerprint density at radius 1 is 1.13 bits per heavy atom. The van der Waals surface area contributed by atoms with E-state index in [1.54, 1.807) is 0 Å². The zero-order valence-corrected chi connectivity index (χ0v) is 15.4. The number of hydrogen-bond acceptors (Lipinski definition) is 6. The number of carbonyl (C=O) groups is 3. The fraction of sp³-hybridized carbons (Fsp3) is 0.250. The Morgan fingerprint density at radius 2 is 1.87 bits per heavy atom. The molecular weight excluding hydrogens is 407 g/mol. The quantitative estimate of drug-likeness (QED) is 0.718. The summed E-state index contributed by atoms with van der Waals surface area (Å²) in [5, 5.41) is 2.32. The van der Waals surface area contributed by atoms with Crippen LogP contribution in [-0.2, 0) is 25.2 Å². The summed E-state index contributed by atoms with van der Waals surface area (Å²) in [6, 6.07) is 9.84. The molecule has 0 aliphatic carbocycles. The van der Waals surface area contributed by atoms with Gasteiger partial charge < -0.3 is 19.5 Å². The summed E-state index contributed by atoms with van der Waals surface area (Å²) in [4.78, 5) is 35.3. The molecule has 1 aliphatic heterocycles. The lowest BCUT2D eigenvalue weighted by molar-refractivity contribution is -0.145. The minimum Gasteiger partial charge on any atom is -0.484 e. The van der Waals surface area contributed by atoms with Crippen molar-refractivity contribution < 1.29 is 41.8 Å². The number of anilines is 1. The first-order chi connectivity index (χ1) is 14.2. The van der Waals surface area contributed by atoms with Crippen LogP contribution in [0.4, 0.5) is 18.9 Å². The molecule has 0 unspecified atom stereocenters. The Bertz CT molecular complexity index is 942. The number of carbonyl (C=O) groups excluding carboxylic acids is 3. The van der Waals surface area contributed by atoms with E-state index in [0.29, 0.717) is 6.42 Å². The first-order valence-electron chi connectivity index (χ1n) is 8.80. The lowest BCUT2D eigenvalue weighted by atomic mass is 10.2. The molecule has 0 aromatic heterocycles. The van der Waals surface area contributed by atoms with Crippen molar-refractivity contribution in [1.29, 1.82) is 0 Å². The van der Waals surface area contributed by atoms with Crippen LogP contribution in [0.5, 0.6) is 5.75 Å². The summed E-state index contributed by atoms with van der Waals surface area (Å²) < 4.78 is 53.1. The number of rotatable bonds is 6. The van der Waals surface area contributed by atoms with Crippen LogP contribution in [0.2, 0.25) is 0 Å². The first-order valence-corrected chi connectivity index (χ1v) is 8.80. The second-order valence-corrected chi connectivity index (χ2v) is 6.29. The third-order valence-corrected chi connectivity index (χ3v) is 4.07. The predicted octanol–water partition coefficient (Wildman–Crippen LogP) is 3.20. The standard InChI is InChI=1S/C20H16F3NO6/c21-20(22,23)13-2-1-3-14(10-13)24-17(25)11-29-15-6-4-12(5-7-15)18(26)30-16-8-9-28-19(16)27/h1-7,10,16H,8-9,11H2,(H,24,25)/t16-/m1/s1. The van der Waals surface area contributed by atoms with Gasteiger partial charge in [-0.05, 0) is 42.5 Å². The van der Waals surface area contributed by atoms with Gasteiger partial charge in [-0.2, -0.15) is 13.2 Å². The highest BCUT2D eigenvalue weighted by Gasteiger charge is 2.31. The molecule has 1 amide bonds. The molecule has 3 rings (SSSR count). The highest BCUT2D eigenvalue weighted by atomic mass is 19.4. The van der Waals surface area contributed by atoms with Crippen LogP contribution in [0.25, 0.3) is 0 Å². The van der Waals surface area contributed by atoms with Crippen LogP contribution in [-0.4, -0.2) is 37.2 Å². The summed E-state index contributed by atoms with van der Waals surface area (Å²) in [6.07, 6.45) is -5.14. The molecule has 0 saturated carbocycles. The Morgan fingerprint density at radius 3 is 2.50 bits per heavy atom. The number of ether oxygens (including phenoxy) is 3. The van der Waals surface area contributed by atoms with E-state index in [9.17, 15) is 27.6 Å². The monoisotopic (exact) mass is 423 g/mol. The Labute approximate surface area is 168 Å². The van der Waals surface area contributed by atoms with Crippen molar-refractivity contribution in [2.75, 3.05) is 18.5 Å². The van der Waals surface area contributed by atoms with Gasteiger partial charge in [-0.1, -0.05) is 6.07 Å². The van der Waals surface area contributed by atoms with Crippen molar-refractivity contribution in [1.82, 2.24) is 0 Å². The van der Waals surface area contributed by atoms with Crippen LogP contribution < -0.4 is 10.1 Å². The van der Waals surface area contributed by atoms with Gasteiger partial charge in [-0.15, -0.1) is 0 Å². The normalized spacial score (nSPS) is 16.0. The van der Waals surface area contributed by atoms with Gasteiger partial charge in [0.1, 0.15) is 5.75 Å². The number of alkyl halides is 3. The second kappa shape index (κ2) is 8.85. The topological polar surface area (TPSA) is 90.9 Å². The van der Waals surface area contributed by atoms with E-state index in [2.05, 4.69) is 5.32 Å². The maximum Gasteiger partial charge on any atom is 0.416 e. The van der Waals surface area contributed by atoms with E-state index >= 15 is 0 Å². The van der Waals surface area contributed by atoms with Crippen molar-refractivity contribution in [3.05, 3.63) is 59.7 Å². The molecule has 158 valence electrons. The molecule has 7 nitrogen and oxygen atoms in total. The highest BCUT2D eigenvalue weighted by Crippen LogP contribution is 2.30. The number of nitrogens with one attached hydrogen (secondary N) is 1. The van der Waals surface area contributed by atoms with E-state index in [-0.39, 0.29) is 23.6 Å². The summed E-state index contributed by atoms with van der Waals surface area (Å²) in [5.41, 5.74) is -0.716. The molecule has 10 heteroatoms. The lowest BCUT2D eigenvalue weighted by Crippen LogP contribution is -2.22. The molecule has 1 saturated heterocycles. The van der Waals surface area contributed by atoms with Crippen LogP contribution in [0, 0.1) is 0 Å². The number of esters is 2. The van der Waals surface area contributed by atoms with Gasteiger partial charge in [0.05, 0.1) is 17.7 Å². The van der Waals surface area contributed by atoms with Gasteiger partial charge in [0.25, 0.3) is 5.91 Å². The van der Waals surface area contributed by atoms with Crippen LogP contribution in [0.3, 0.4) is 0 Å². The van der Waals surface area contributed by atoms with Crippen molar-refractivity contribution in [3.8, 4) is 5.75 Å². The molecule has 2 aromatic rings. The van der Waals surface area contributed by atoms with Crippen molar-refractivity contribution in [3.63, 3.8) is 0 Å². The fourth-order valence-corrected chi connectivity index (χ4v) is 2.59. The smallest absolute Gasteiger partial charge is 0.416 e. The summed E-state index contributed by atoms with van der Waals surface area (Å²) in [7, 11) is 0. The van der Waals surface area contributed by atoms with Gasteiger partial charge in [0.2, 0.25) is 6.10 Å². The molecule has 1 heterocycles. The van der Waals surface area contributed by atoms with Crippen LogP contribution in [0.15, 0.2) is 48.5 Å². The second-order valence-electron chi connectivity index (χ2n) is 6.29. The zero-order valence-electron chi connectivity index (χ0n) is 15.4. The molecular formula is C20H16F3NO6. The Kier molecular flexibility index (Phi) is 6.24. The van der Waals surface area contributed by atoms with E-state index in [1.165, 1.54) is 36.4 Å². The first kappa shape index (κ1) is 21.2. The SMILES string of the molecule is O=C(COc1ccc(C(=O)O[C@@H]2CCOC2=O)cc1)Nc1cccc(C(F)(F)F)c1. The predicted molar refractivity (Wildman–Crippen MR) is 96.8 cm³/mol. The summed E-state index contributed by atoms with van der Waals surface area (Å²) >= 11 is 0. The third-order valence-electron chi connectivity index (χ3n) is 4.07. The van der Waals surface area contributed by atoms with E-state index in [4.69, 9.17) is 14.2 Å². The molecule has 0 spiro atoms. The van der Waals surface area contributed by atoms with Gasteiger partial charge in [-0.3, -0.25) is 4.79 Å². The minimum absolute atomic E-state index is 0.0121. The van der Waals surface area contributed by atoms with Crippen molar-refractivity contribution >= 4 is 23.5 Å². The largest absolute Gasteiger partial charge is 0.484 e. The Balaban J connectivity index is 1.50. The molecule has 1 N–H and O–H groups in total. The van der Waals surface area contributed by atoms with Gasteiger partial charge in [-0.25, -0.2) is 9.59 Å². The lowest BCUT2D eigenvalue weighted by Gasteiger charge is -2.11. The number of amides is 1. The number of cyclic esters (lactones) is 1. The zero-order chi connectivity index (χ0) is 21.7. The number of benzene rings is 2. The van der Waals surface area contributed by atoms with E-state index in [0.717, 1.165) is 12.1 Å². The van der Waals surface area contributed by atoms with Crippen molar-refractivity contribution in [2.24, 2.45) is 0 Å².